The lowest BCUT2D eigenvalue weighted by molar-refractivity contribution is 0.626. The number of aromatic nitrogens is 4. The lowest BCUT2D eigenvalue weighted by Crippen LogP contribution is -1.98. The minimum absolute atomic E-state index is 0.339. The molecule has 4 heterocycles. The lowest BCUT2D eigenvalue weighted by atomic mass is 10.2. The van der Waals surface area contributed by atoms with Gasteiger partial charge in [0.25, 0.3) is 0 Å². The van der Waals surface area contributed by atoms with E-state index in [2.05, 4.69) is 20.3 Å². The van der Waals surface area contributed by atoms with Gasteiger partial charge in [0.2, 0.25) is 0 Å². The number of aryl methyl sites for hydroxylation is 1. The molecule has 0 aliphatic carbocycles. The van der Waals surface area contributed by atoms with E-state index in [1.165, 1.54) is 18.3 Å². The number of hydrogen-bond acceptors (Lipinski definition) is 4. The Morgan fingerprint density at radius 3 is 2.82 bits per heavy atom. The van der Waals surface area contributed by atoms with Crippen molar-refractivity contribution < 1.29 is 4.39 Å². The van der Waals surface area contributed by atoms with Gasteiger partial charge in [-0.15, -0.1) is 0 Å². The molecule has 0 atom stereocenters. The SMILES string of the molecule is Cn1c2ccncc2c2ccc(Nc3cc(F)ccn3)nc21. The zero-order valence-electron chi connectivity index (χ0n) is 11.8. The molecule has 0 radical (unpaired) electrons. The smallest absolute Gasteiger partial charge is 0.143 e. The van der Waals surface area contributed by atoms with Crippen LogP contribution in [0.5, 0.6) is 0 Å². The monoisotopic (exact) mass is 293 g/mol. The van der Waals surface area contributed by atoms with E-state index >= 15 is 0 Å². The predicted molar refractivity (Wildman–Crippen MR) is 83.5 cm³/mol. The van der Waals surface area contributed by atoms with Crippen LogP contribution in [0, 0.1) is 5.82 Å². The number of fused-ring (bicyclic) bond motifs is 3. The van der Waals surface area contributed by atoms with Gasteiger partial charge < -0.3 is 9.88 Å². The number of nitrogens with one attached hydrogen (secondary N) is 1. The summed E-state index contributed by atoms with van der Waals surface area (Å²) in [5.74, 6) is 0.700. The van der Waals surface area contributed by atoms with Gasteiger partial charge in [0, 0.05) is 42.5 Å². The fourth-order valence-corrected chi connectivity index (χ4v) is 2.59. The highest BCUT2D eigenvalue weighted by Crippen LogP contribution is 2.27. The number of anilines is 2. The molecular weight excluding hydrogens is 281 g/mol. The Morgan fingerprint density at radius 1 is 1.05 bits per heavy atom. The summed E-state index contributed by atoms with van der Waals surface area (Å²) in [6, 6.07) is 8.42. The van der Waals surface area contributed by atoms with Gasteiger partial charge >= 0.3 is 0 Å². The summed E-state index contributed by atoms with van der Waals surface area (Å²) in [5.41, 5.74) is 1.91. The average molecular weight is 293 g/mol. The molecule has 1 N–H and O–H groups in total. The van der Waals surface area contributed by atoms with Crippen LogP contribution < -0.4 is 5.32 Å². The van der Waals surface area contributed by atoms with Crippen LogP contribution in [0.25, 0.3) is 21.9 Å². The van der Waals surface area contributed by atoms with Gasteiger partial charge in [-0.25, -0.2) is 14.4 Å². The normalized spacial score (nSPS) is 11.2. The first-order valence-corrected chi connectivity index (χ1v) is 6.80. The Morgan fingerprint density at radius 2 is 1.95 bits per heavy atom. The van der Waals surface area contributed by atoms with E-state index in [4.69, 9.17) is 0 Å². The summed E-state index contributed by atoms with van der Waals surface area (Å²) in [5, 5.41) is 5.11. The Labute approximate surface area is 125 Å². The number of rotatable bonds is 2. The summed E-state index contributed by atoms with van der Waals surface area (Å²) in [6.07, 6.45) is 5.01. The van der Waals surface area contributed by atoms with Crippen molar-refractivity contribution in [1.82, 2.24) is 19.5 Å². The van der Waals surface area contributed by atoms with Gasteiger partial charge in [0.1, 0.15) is 23.1 Å². The maximum Gasteiger partial charge on any atom is 0.143 e. The molecule has 0 fully saturated rings. The van der Waals surface area contributed by atoms with Gasteiger partial charge in [0.05, 0.1) is 5.52 Å². The van der Waals surface area contributed by atoms with Crippen molar-refractivity contribution in [3.8, 4) is 0 Å². The average Bonchev–Trinajstić information content (AvgIpc) is 2.81. The first kappa shape index (κ1) is 12.7. The second-order valence-electron chi connectivity index (χ2n) is 5.00. The second-order valence-corrected chi connectivity index (χ2v) is 5.00. The predicted octanol–water partition coefficient (Wildman–Crippen LogP) is 3.40. The minimum Gasteiger partial charge on any atom is -0.328 e. The van der Waals surface area contributed by atoms with E-state index in [0.29, 0.717) is 11.6 Å². The van der Waals surface area contributed by atoms with E-state index in [-0.39, 0.29) is 5.82 Å². The van der Waals surface area contributed by atoms with Crippen LogP contribution in [0.2, 0.25) is 0 Å². The molecule has 108 valence electrons. The van der Waals surface area contributed by atoms with Crippen LogP contribution in [-0.2, 0) is 7.05 Å². The van der Waals surface area contributed by atoms with Gasteiger partial charge in [-0.1, -0.05) is 0 Å². The molecule has 0 bridgehead atoms. The van der Waals surface area contributed by atoms with Gasteiger partial charge in [-0.3, -0.25) is 4.98 Å². The second kappa shape index (κ2) is 4.77. The molecule has 5 nitrogen and oxygen atoms in total. The molecule has 0 aromatic carbocycles. The van der Waals surface area contributed by atoms with Crippen LogP contribution in [0.3, 0.4) is 0 Å². The summed E-state index contributed by atoms with van der Waals surface area (Å²) in [4.78, 5) is 12.8. The molecule has 0 amide bonds. The molecular formula is C16H12FN5. The molecule has 4 rings (SSSR count). The van der Waals surface area contributed by atoms with Gasteiger partial charge in [0.15, 0.2) is 0 Å². The molecule has 0 saturated heterocycles. The standard InChI is InChI=1S/C16H12FN5/c1-22-13-5-6-18-9-12(13)11-2-3-14(21-16(11)22)20-15-8-10(17)4-7-19-15/h2-9H,1H3,(H,19,20,21). The molecule has 0 aliphatic rings. The third kappa shape index (κ3) is 1.96. The van der Waals surface area contributed by atoms with Crippen molar-refractivity contribution in [2.45, 2.75) is 0 Å². The van der Waals surface area contributed by atoms with Crippen LogP contribution in [0.4, 0.5) is 16.0 Å². The number of hydrogen-bond donors (Lipinski definition) is 1. The zero-order valence-corrected chi connectivity index (χ0v) is 11.8. The molecule has 22 heavy (non-hydrogen) atoms. The van der Waals surface area contributed by atoms with Crippen LogP contribution in [-0.4, -0.2) is 19.5 Å². The summed E-state index contributed by atoms with van der Waals surface area (Å²) in [7, 11) is 1.96. The number of nitrogens with zero attached hydrogens (tertiary/aromatic N) is 4. The van der Waals surface area contributed by atoms with Crippen molar-refractivity contribution in [1.29, 1.82) is 0 Å². The highest BCUT2D eigenvalue weighted by Gasteiger charge is 2.10. The van der Waals surface area contributed by atoms with Crippen LogP contribution in [0.15, 0.2) is 48.9 Å². The Bertz CT molecular complexity index is 992. The maximum absolute atomic E-state index is 13.2. The van der Waals surface area contributed by atoms with Crippen molar-refractivity contribution in [2.75, 3.05) is 5.32 Å². The van der Waals surface area contributed by atoms with Crippen LogP contribution >= 0.6 is 0 Å². The third-order valence-corrected chi connectivity index (χ3v) is 3.62. The fourth-order valence-electron chi connectivity index (χ4n) is 2.59. The minimum atomic E-state index is -0.339. The number of halogens is 1. The topological polar surface area (TPSA) is 55.6 Å². The fraction of sp³-hybridized carbons (Fsp3) is 0.0625. The summed E-state index contributed by atoms with van der Waals surface area (Å²) >= 11 is 0. The zero-order chi connectivity index (χ0) is 15.1. The van der Waals surface area contributed by atoms with Crippen molar-refractivity contribution in [2.24, 2.45) is 7.05 Å². The van der Waals surface area contributed by atoms with Crippen molar-refractivity contribution in [3.05, 3.63) is 54.7 Å². The Hall–Kier alpha value is -3.02. The maximum atomic E-state index is 13.2. The molecule has 4 aromatic heterocycles. The van der Waals surface area contributed by atoms with E-state index in [9.17, 15) is 4.39 Å². The molecule has 4 aromatic rings. The van der Waals surface area contributed by atoms with Gasteiger partial charge in [-0.2, -0.15) is 0 Å². The molecule has 0 saturated carbocycles. The third-order valence-electron chi connectivity index (χ3n) is 3.62. The Kier molecular flexibility index (Phi) is 2.75. The molecule has 0 unspecified atom stereocenters. The van der Waals surface area contributed by atoms with E-state index < -0.39 is 0 Å². The summed E-state index contributed by atoms with van der Waals surface area (Å²) < 4.78 is 15.2. The first-order chi connectivity index (χ1) is 10.7. The largest absolute Gasteiger partial charge is 0.328 e. The Balaban J connectivity index is 1.84. The van der Waals surface area contributed by atoms with E-state index in [1.807, 2.05) is 36.0 Å². The van der Waals surface area contributed by atoms with Crippen molar-refractivity contribution in [3.63, 3.8) is 0 Å². The number of pyridine rings is 3. The van der Waals surface area contributed by atoms with Crippen molar-refractivity contribution >= 4 is 33.6 Å². The molecule has 0 aliphatic heterocycles. The van der Waals surface area contributed by atoms with Gasteiger partial charge in [-0.05, 0) is 24.3 Å². The quantitative estimate of drug-likeness (QED) is 0.615. The van der Waals surface area contributed by atoms with E-state index in [0.717, 1.165) is 21.9 Å². The van der Waals surface area contributed by atoms with Crippen LogP contribution in [0.1, 0.15) is 0 Å². The summed E-state index contributed by atoms with van der Waals surface area (Å²) in [6.45, 7) is 0. The highest BCUT2D eigenvalue weighted by molar-refractivity contribution is 6.06. The highest BCUT2D eigenvalue weighted by atomic mass is 19.1. The molecule has 0 spiro atoms. The first-order valence-electron chi connectivity index (χ1n) is 6.80. The van der Waals surface area contributed by atoms with E-state index in [1.54, 1.807) is 6.20 Å². The lowest BCUT2D eigenvalue weighted by Gasteiger charge is -2.05. The molecule has 6 heteroatoms.